The molecule has 0 aliphatic carbocycles. The molecule has 3 aromatic rings. The van der Waals surface area contributed by atoms with Gasteiger partial charge in [-0.05, 0) is 49.2 Å². The van der Waals surface area contributed by atoms with E-state index in [1.807, 2.05) is 6.07 Å². The van der Waals surface area contributed by atoms with E-state index in [4.69, 9.17) is 4.74 Å². The summed E-state index contributed by atoms with van der Waals surface area (Å²) in [6.45, 7) is 1.12. The lowest BCUT2D eigenvalue weighted by atomic mass is 9.96. The summed E-state index contributed by atoms with van der Waals surface area (Å²) in [5.41, 5.74) is 0.365. The highest BCUT2D eigenvalue weighted by Crippen LogP contribution is 2.30. The standard InChI is InChI=1S/C22H21F4N5O2/c23-15-2-1-3-17(10-15)31-18(11-20(30-31)22(24,25)26)13-28-21(32)29-16-4-5-19(27-12-16)14-6-8-33-9-7-14/h1-5,10-12,14H,6-9,13H2,(H2,28,29,32). The third-order valence-corrected chi connectivity index (χ3v) is 5.24. The number of hydrogen-bond acceptors (Lipinski definition) is 4. The highest BCUT2D eigenvalue weighted by molar-refractivity contribution is 5.88. The van der Waals surface area contributed by atoms with Crippen molar-refractivity contribution in [3.63, 3.8) is 0 Å². The number of nitrogens with one attached hydrogen (secondary N) is 2. The Morgan fingerprint density at radius 2 is 1.94 bits per heavy atom. The molecule has 1 aliphatic rings. The van der Waals surface area contributed by atoms with Crippen LogP contribution in [0, 0.1) is 5.82 Å². The topological polar surface area (TPSA) is 81.1 Å². The van der Waals surface area contributed by atoms with Gasteiger partial charge in [0.15, 0.2) is 5.69 Å². The fourth-order valence-electron chi connectivity index (χ4n) is 3.58. The SMILES string of the molecule is O=C(NCc1cc(C(F)(F)F)nn1-c1cccc(F)c1)Nc1ccc(C2CCOCC2)nc1. The van der Waals surface area contributed by atoms with Crippen molar-refractivity contribution >= 4 is 11.7 Å². The number of hydrogen-bond donors (Lipinski definition) is 2. The average Bonchev–Trinajstić information content (AvgIpc) is 3.24. The molecular formula is C22H21F4N5O2. The molecule has 1 aromatic carbocycles. The Morgan fingerprint density at radius 3 is 2.61 bits per heavy atom. The van der Waals surface area contributed by atoms with Crippen molar-refractivity contribution in [1.29, 1.82) is 0 Å². The van der Waals surface area contributed by atoms with Crippen LogP contribution < -0.4 is 10.6 Å². The molecule has 0 spiro atoms. The molecule has 3 heterocycles. The third-order valence-electron chi connectivity index (χ3n) is 5.24. The number of nitrogens with zero attached hydrogens (tertiary/aromatic N) is 3. The van der Waals surface area contributed by atoms with Crippen LogP contribution in [0.25, 0.3) is 5.69 Å². The number of rotatable bonds is 5. The van der Waals surface area contributed by atoms with Gasteiger partial charge in [-0.15, -0.1) is 0 Å². The molecule has 33 heavy (non-hydrogen) atoms. The summed E-state index contributed by atoms with van der Waals surface area (Å²) in [5, 5.41) is 8.64. The zero-order valence-corrected chi connectivity index (χ0v) is 17.4. The zero-order valence-electron chi connectivity index (χ0n) is 17.4. The molecule has 11 heteroatoms. The fourth-order valence-corrected chi connectivity index (χ4v) is 3.58. The smallest absolute Gasteiger partial charge is 0.381 e. The van der Waals surface area contributed by atoms with Gasteiger partial charge in [-0.3, -0.25) is 4.98 Å². The summed E-state index contributed by atoms with van der Waals surface area (Å²) in [6, 6.07) is 8.75. The number of ether oxygens (including phenoxy) is 1. The normalized spacial score (nSPS) is 14.8. The van der Waals surface area contributed by atoms with Crippen LogP contribution in [0.1, 0.15) is 35.8 Å². The number of halogens is 4. The number of urea groups is 1. The minimum atomic E-state index is -4.69. The number of anilines is 1. The van der Waals surface area contributed by atoms with Gasteiger partial charge in [-0.25, -0.2) is 13.9 Å². The maximum atomic E-state index is 13.6. The molecule has 2 aromatic heterocycles. The molecule has 7 nitrogen and oxygen atoms in total. The van der Waals surface area contributed by atoms with Gasteiger partial charge in [-0.2, -0.15) is 18.3 Å². The van der Waals surface area contributed by atoms with Crippen LogP contribution in [-0.4, -0.2) is 34.0 Å². The highest BCUT2D eigenvalue weighted by Gasteiger charge is 2.35. The predicted molar refractivity (Wildman–Crippen MR) is 111 cm³/mol. The molecule has 0 radical (unpaired) electrons. The lowest BCUT2D eigenvalue weighted by Gasteiger charge is -2.21. The van der Waals surface area contributed by atoms with E-state index >= 15 is 0 Å². The first-order chi connectivity index (χ1) is 15.8. The van der Waals surface area contributed by atoms with E-state index in [0.29, 0.717) is 24.8 Å². The van der Waals surface area contributed by atoms with Crippen molar-refractivity contribution in [2.75, 3.05) is 18.5 Å². The summed E-state index contributed by atoms with van der Waals surface area (Å²) >= 11 is 0. The Morgan fingerprint density at radius 1 is 1.15 bits per heavy atom. The van der Waals surface area contributed by atoms with Crippen LogP contribution >= 0.6 is 0 Å². The van der Waals surface area contributed by atoms with Crippen molar-refractivity contribution in [2.45, 2.75) is 31.5 Å². The number of benzene rings is 1. The minimum absolute atomic E-state index is 0.0380. The summed E-state index contributed by atoms with van der Waals surface area (Å²) < 4.78 is 59.4. The highest BCUT2D eigenvalue weighted by atomic mass is 19.4. The number of carbonyl (C=O) groups excluding carboxylic acids is 1. The van der Waals surface area contributed by atoms with E-state index in [-0.39, 0.29) is 17.9 Å². The van der Waals surface area contributed by atoms with Crippen LogP contribution in [0.5, 0.6) is 0 Å². The Labute approximate surface area is 186 Å². The zero-order chi connectivity index (χ0) is 23.4. The van der Waals surface area contributed by atoms with E-state index < -0.39 is 23.7 Å². The molecule has 2 N–H and O–H groups in total. The van der Waals surface area contributed by atoms with E-state index in [0.717, 1.165) is 35.4 Å². The molecule has 1 aliphatic heterocycles. The molecule has 0 atom stereocenters. The Hall–Kier alpha value is -3.47. The van der Waals surface area contributed by atoms with Gasteiger partial charge < -0.3 is 15.4 Å². The summed E-state index contributed by atoms with van der Waals surface area (Å²) in [4.78, 5) is 16.7. The molecule has 0 saturated carbocycles. The molecule has 0 unspecified atom stereocenters. The monoisotopic (exact) mass is 463 g/mol. The van der Waals surface area contributed by atoms with Gasteiger partial charge in [0.05, 0.1) is 29.8 Å². The van der Waals surface area contributed by atoms with Crippen LogP contribution in [0.3, 0.4) is 0 Å². The third kappa shape index (κ3) is 5.67. The van der Waals surface area contributed by atoms with Crippen molar-refractivity contribution in [2.24, 2.45) is 0 Å². The van der Waals surface area contributed by atoms with Gasteiger partial charge in [0.1, 0.15) is 5.82 Å². The Kier molecular flexibility index (Phi) is 6.59. The molecule has 0 bridgehead atoms. The van der Waals surface area contributed by atoms with Crippen LogP contribution in [0.2, 0.25) is 0 Å². The molecule has 1 fully saturated rings. The van der Waals surface area contributed by atoms with Crippen molar-refractivity contribution in [3.8, 4) is 5.69 Å². The van der Waals surface area contributed by atoms with Crippen molar-refractivity contribution in [3.05, 3.63) is 71.6 Å². The fraction of sp³-hybridized carbons (Fsp3) is 0.318. The van der Waals surface area contributed by atoms with E-state index in [1.165, 1.54) is 24.4 Å². The van der Waals surface area contributed by atoms with E-state index in [9.17, 15) is 22.4 Å². The predicted octanol–water partition coefficient (Wildman–Crippen LogP) is 4.64. The largest absolute Gasteiger partial charge is 0.435 e. The van der Waals surface area contributed by atoms with Gasteiger partial charge in [0.25, 0.3) is 0 Å². The Balaban J connectivity index is 1.43. The second-order valence-corrected chi connectivity index (χ2v) is 7.58. The van der Waals surface area contributed by atoms with Crippen LogP contribution in [-0.2, 0) is 17.5 Å². The van der Waals surface area contributed by atoms with E-state index in [2.05, 4.69) is 20.7 Å². The average molecular weight is 463 g/mol. The van der Waals surface area contributed by atoms with Gasteiger partial charge in [-0.1, -0.05) is 6.07 Å². The summed E-state index contributed by atoms with van der Waals surface area (Å²) in [7, 11) is 0. The summed E-state index contributed by atoms with van der Waals surface area (Å²) in [5.74, 6) is -0.308. The summed E-state index contributed by atoms with van der Waals surface area (Å²) in [6.07, 6.45) is -1.38. The first-order valence-electron chi connectivity index (χ1n) is 10.3. The first kappa shape index (κ1) is 22.7. The van der Waals surface area contributed by atoms with Gasteiger partial charge in [0, 0.05) is 24.8 Å². The maximum absolute atomic E-state index is 13.6. The second kappa shape index (κ2) is 9.57. The molecule has 1 saturated heterocycles. The number of alkyl halides is 3. The lowest BCUT2D eigenvalue weighted by molar-refractivity contribution is -0.141. The maximum Gasteiger partial charge on any atom is 0.435 e. The van der Waals surface area contributed by atoms with Crippen LogP contribution in [0.15, 0.2) is 48.7 Å². The minimum Gasteiger partial charge on any atom is -0.381 e. The first-order valence-corrected chi connectivity index (χ1v) is 10.3. The second-order valence-electron chi connectivity index (χ2n) is 7.58. The number of pyridine rings is 1. The van der Waals surface area contributed by atoms with Gasteiger partial charge in [0.2, 0.25) is 0 Å². The lowest BCUT2D eigenvalue weighted by Crippen LogP contribution is -2.29. The van der Waals surface area contributed by atoms with Crippen molar-refractivity contribution in [1.82, 2.24) is 20.1 Å². The molecule has 2 amide bonds. The van der Waals surface area contributed by atoms with Gasteiger partial charge >= 0.3 is 12.2 Å². The number of carbonyl (C=O) groups is 1. The Bertz CT molecular complexity index is 1110. The van der Waals surface area contributed by atoms with E-state index in [1.54, 1.807) is 6.07 Å². The van der Waals surface area contributed by atoms with Crippen LogP contribution in [0.4, 0.5) is 28.0 Å². The molecule has 174 valence electrons. The van der Waals surface area contributed by atoms with Crippen molar-refractivity contribution < 1.29 is 27.1 Å². The number of aromatic nitrogens is 3. The quantitative estimate of drug-likeness (QED) is 0.541. The molecular weight excluding hydrogens is 442 g/mol. The molecule has 4 rings (SSSR count). The number of amides is 2.